The monoisotopic (exact) mass is 656 g/mol. The highest BCUT2D eigenvalue weighted by atomic mass is 19.1. The minimum absolute atomic E-state index is 0.0123. The summed E-state index contributed by atoms with van der Waals surface area (Å²) in [5.74, 6) is -2.50. The molecule has 47 heavy (non-hydrogen) atoms. The molecule has 2 aromatic carbocycles. The van der Waals surface area contributed by atoms with Crippen LogP contribution in [0.15, 0.2) is 54.7 Å². The van der Waals surface area contributed by atoms with Crippen molar-refractivity contribution in [3.8, 4) is 11.3 Å². The summed E-state index contributed by atoms with van der Waals surface area (Å²) in [6, 6.07) is 11.9. The number of carbonyl (C=O) groups excluding carboxylic acids is 2. The van der Waals surface area contributed by atoms with E-state index in [1.54, 1.807) is 27.0 Å². The largest absolute Gasteiger partial charge is 0.444 e. The average molecular weight is 657 g/mol. The first kappa shape index (κ1) is 34.4. The molecule has 0 radical (unpaired) electrons. The van der Waals surface area contributed by atoms with Crippen LogP contribution in [0.1, 0.15) is 58.0 Å². The second-order valence-electron chi connectivity index (χ2n) is 13.4. The van der Waals surface area contributed by atoms with Crippen molar-refractivity contribution in [1.29, 1.82) is 0 Å². The van der Waals surface area contributed by atoms with Crippen molar-refractivity contribution in [1.82, 2.24) is 19.4 Å². The molecule has 1 N–H and O–H groups in total. The zero-order valence-corrected chi connectivity index (χ0v) is 27.2. The first-order valence-electron chi connectivity index (χ1n) is 16.1. The van der Waals surface area contributed by atoms with Gasteiger partial charge in [-0.1, -0.05) is 30.3 Å². The molecule has 2 fully saturated rings. The van der Waals surface area contributed by atoms with Gasteiger partial charge in [-0.3, -0.25) is 4.79 Å². The molecule has 4 atom stereocenters. The third-order valence-electron chi connectivity index (χ3n) is 8.60. The number of ether oxygens (including phenoxy) is 2. The standard InChI is InChI=1S/C35H43F3N4O5/c1-22(43)33(44)42(19-25-18-41(20-29(25)38)34(45)47-35(2,3)4)31(24-12-14-46-15-13-24)32-39-30(27-16-26(36)10-11-28(27)37)21-40(32)17-23-8-6-5-7-9-23/h5-11,16,21-22,24-25,29,31,43H,12-15,17-20H2,1-4H3/t22-,25-,29-,31+/m0/s1. The Kier molecular flexibility index (Phi) is 10.6. The van der Waals surface area contributed by atoms with Crippen molar-refractivity contribution in [2.24, 2.45) is 11.8 Å². The molecule has 12 heteroatoms. The molecule has 0 unspecified atom stereocenters. The Morgan fingerprint density at radius 1 is 1.11 bits per heavy atom. The summed E-state index contributed by atoms with van der Waals surface area (Å²) in [5, 5.41) is 10.6. The zero-order valence-electron chi connectivity index (χ0n) is 27.2. The molecule has 2 saturated heterocycles. The number of aliphatic hydroxyl groups is 1. The Hall–Kier alpha value is -3.90. The smallest absolute Gasteiger partial charge is 0.410 e. The number of carbonyl (C=O) groups is 2. The van der Waals surface area contributed by atoms with Crippen LogP contribution in [0.4, 0.5) is 18.0 Å². The van der Waals surface area contributed by atoms with Crippen LogP contribution in [0.5, 0.6) is 0 Å². The Morgan fingerprint density at radius 2 is 1.81 bits per heavy atom. The molecule has 9 nitrogen and oxygen atoms in total. The van der Waals surface area contributed by atoms with Gasteiger partial charge in [0.1, 0.15) is 35.3 Å². The van der Waals surface area contributed by atoms with Gasteiger partial charge in [-0.05, 0) is 70.2 Å². The average Bonchev–Trinajstić information content (AvgIpc) is 3.60. The number of hydrogen-bond donors (Lipinski definition) is 1. The summed E-state index contributed by atoms with van der Waals surface area (Å²) >= 11 is 0. The van der Waals surface area contributed by atoms with Gasteiger partial charge in [-0.25, -0.2) is 22.9 Å². The molecule has 0 saturated carbocycles. The molecule has 1 aromatic heterocycles. The molecule has 2 aliphatic rings. The van der Waals surface area contributed by atoms with Crippen molar-refractivity contribution in [2.75, 3.05) is 32.8 Å². The maximum Gasteiger partial charge on any atom is 0.410 e. The number of halogens is 3. The van der Waals surface area contributed by atoms with E-state index in [-0.39, 0.29) is 36.8 Å². The van der Waals surface area contributed by atoms with Gasteiger partial charge in [0.15, 0.2) is 0 Å². The van der Waals surface area contributed by atoms with Crippen LogP contribution < -0.4 is 0 Å². The van der Waals surface area contributed by atoms with Gasteiger partial charge in [-0.15, -0.1) is 0 Å². The van der Waals surface area contributed by atoms with Crippen molar-refractivity contribution in [3.05, 3.63) is 77.8 Å². The normalized spacial score (nSPS) is 20.2. The predicted molar refractivity (Wildman–Crippen MR) is 169 cm³/mol. The maximum atomic E-state index is 15.7. The number of hydrogen-bond acceptors (Lipinski definition) is 6. The second kappa shape index (κ2) is 14.5. The van der Waals surface area contributed by atoms with Crippen molar-refractivity contribution in [3.63, 3.8) is 0 Å². The molecule has 3 aromatic rings. The fourth-order valence-corrected chi connectivity index (χ4v) is 6.35. The van der Waals surface area contributed by atoms with Crippen molar-refractivity contribution >= 4 is 12.0 Å². The first-order valence-corrected chi connectivity index (χ1v) is 16.1. The van der Waals surface area contributed by atoms with E-state index < -0.39 is 53.5 Å². The minimum Gasteiger partial charge on any atom is -0.444 e. The lowest BCUT2D eigenvalue weighted by Gasteiger charge is -2.40. The molecule has 0 aliphatic carbocycles. The number of aliphatic hydroxyl groups excluding tert-OH is 1. The highest BCUT2D eigenvalue weighted by molar-refractivity contribution is 5.81. The number of likely N-dealkylation sites (tertiary alicyclic amines) is 1. The summed E-state index contributed by atoms with van der Waals surface area (Å²) in [5.41, 5.74) is 0.279. The highest BCUT2D eigenvalue weighted by Gasteiger charge is 2.44. The fourth-order valence-electron chi connectivity index (χ4n) is 6.35. The third-order valence-corrected chi connectivity index (χ3v) is 8.60. The Balaban J connectivity index is 1.59. The zero-order chi connectivity index (χ0) is 33.9. The van der Waals surface area contributed by atoms with Gasteiger partial charge in [0.05, 0.1) is 18.3 Å². The summed E-state index contributed by atoms with van der Waals surface area (Å²) in [4.78, 5) is 34.4. The first-order chi connectivity index (χ1) is 22.3. The van der Waals surface area contributed by atoms with E-state index in [2.05, 4.69) is 0 Å². The van der Waals surface area contributed by atoms with Crippen LogP contribution >= 0.6 is 0 Å². The summed E-state index contributed by atoms with van der Waals surface area (Å²) in [6.07, 6.45) is -0.792. The molecule has 2 amide bonds. The third kappa shape index (κ3) is 8.34. The maximum absolute atomic E-state index is 15.7. The lowest BCUT2D eigenvalue weighted by atomic mass is 9.88. The highest BCUT2D eigenvalue weighted by Crippen LogP contribution is 2.39. The number of benzene rings is 2. The van der Waals surface area contributed by atoms with Gasteiger partial charge < -0.3 is 28.9 Å². The molecule has 3 heterocycles. The van der Waals surface area contributed by atoms with Crippen LogP contribution in [-0.2, 0) is 20.8 Å². The molecular weight excluding hydrogens is 613 g/mol. The van der Waals surface area contributed by atoms with E-state index in [4.69, 9.17) is 14.5 Å². The minimum atomic E-state index is -1.46. The van der Waals surface area contributed by atoms with Gasteiger partial charge in [0.25, 0.3) is 5.91 Å². The van der Waals surface area contributed by atoms with E-state index >= 15 is 8.78 Å². The van der Waals surface area contributed by atoms with E-state index in [0.29, 0.717) is 38.4 Å². The van der Waals surface area contributed by atoms with Crippen LogP contribution in [-0.4, -0.2) is 87.2 Å². The number of nitrogens with zero attached hydrogens (tertiary/aromatic N) is 4. The molecule has 2 aliphatic heterocycles. The van der Waals surface area contributed by atoms with Crippen LogP contribution in [0.3, 0.4) is 0 Å². The van der Waals surface area contributed by atoms with Crippen LogP contribution in [0.25, 0.3) is 11.3 Å². The summed E-state index contributed by atoms with van der Waals surface area (Å²) in [6.45, 7) is 7.40. The Bertz CT molecular complexity index is 1540. The Morgan fingerprint density at radius 3 is 2.47 bits per heavy atom. The van der Waals surface area contributed by atoms with E-state index in [0.717, 1.165) is 23.8 Å². The molecule has 0 spiro atoms. The number of aromatic nitrogens is 2. The van der Waals surface area contributed by atoms with E-state index in [1.165, 1.54) is 16.7 Å². The van der Waals surface area contributed by atoms with Gasteiger partial charge in [-0.2, -0.15) is 0 Å². The van der Waals surface area contributed by atoms with E-state index in [9.17, 15) is 19.1 Å². The number of amides is 2. The lowest BCUT2D eigenvalue weighted by molar-refractivity contribution is -0.145. The molecular formula is C35H43F3N4O5. The van der Waals surface area contributed by atoms with Crippen LogP contribution in [0.2, 0.25) is 0 Å². The number of imidazole rings is 1. The van der Waals surface area contributed by atoms with Gasteiger partial charge in [0.2, 0.25) is 0 Å². The van der Waals surface area contributed by atoms with Crippen molar-refractivity contribution in [2.45, 2.75) is 71.0 Å². The molecule has 254 valence electrons. The Labute approximate surface area is 273 Å². The van der Waals surface area contributed by atoms with Crippen LogP contribution in [0, 0.1) is 23.5 Å². The fraction of sp³-hybridized carbons (Fsp3) is 0.514. The lowest BCUT2D eigenvalue weighted by Crippen LogP contribution is -2.48. The quantitative estimate of drug-likeness (QED) is 0.315. The second-order valence-corrected chi connectivity index (χ2v) is 13.4. The summed E-state index contributed by atoms with van der Waals surface area (Å²) < 4.78 is 58.0. The molecule has 5 rings (SSSR count). The number of rotatable bonds is 9. The van der Waals surface area contributed by atoms with Gasteiger partial charge in [0, 0.05) is 50.5 Å². The molecule has 0 bridgehead atoms. The predicted octanol–water partition coefficient (Wildman–Crippen LogP) is 5.76. The van der Waals surface area contributed by atoms with Crippen molar-refractivity contribution < 1.29 is 37.3 Å². The summed E-state index contributed by atoms with van der Waals surface area (Å²) in [7, 11) is 0. The van der Waals surface area contributed by atoms with E-state index in [1.807, 2.05) is 34.9 Å². The SMILES string of the molecule is C[C@H](O)C(=O)N(C[C@@H]1CN(C(=O)OC(C)(C)C)C[C@@H]1F)[C@@H](c1nc(-c2cc(F)ccc2F)cn1Cc1ccccc1)C1CCOCC1. The number of alkyl halides is 1. The van der Waals surface area contributed by atoms with Gasteiger partial charge >= 0.3 is 6.09 Å². The topological polar surface area (TPSA) is 97.1 Å².